The molecule has 1 aliphatic rings. The molecular weight excluding hydrogens is 242 g/mol. The summed E-state index contributed by atoms with van der Waals surface area (Å²) >= 11 is 1.77. The van der Waals surface area contributed by atoms with Crippen molar-refractivity contribution in [1.82, 2.24) is 10.4 Å². The molecule has 1 atom stereocenters. The molecule has 1 N–H and O–H groups in total. The van der Waals surface area contributed by atoms with Crippen LogP contribution in [-0.4, -0.2) is 10.0 Å². The van der Waals surface area contributed by atoms with E-state index in [0.717, 1.165) is 11.5 Å². The Kier molecular flexibility index (Phi) is 3.28. The van der Waals surface area contributed by atoms with Gasteiger partial charge in [0.25, 0.3) is 0 Å². The lowest BCUT2D eigenvalue weighted by atomic mass is 10.2. The molecule has 0 amide bonds. The topological polar surface area (TPSA) is 37.3 Å². The van der Waals surface area contributed by atoms with E-state index in [2.05, 4.69) is 39.8 Å². The van der Waals surface area contributed by atoms with E-state index < -0.39 is 0 Å². The highest BCUT2D eigenvalue weighted by Gasteiger charge is 2.20. The van der Waals surface area contributed by atoms with Crippen molar-refractivity contribution in [3.63, 3.8) is 0 Å². The van der Waals surface area contributed by atoms with Gasteiger partial charge in [0.15, 0.2) is 0 Å². The highest BCUT2D eigenvalue weighted by Crippen LogP contribution is 2.32. The fourth-order valence-electron chi connectivity index (χ4n) is 1.85. The van der Waals surface area contributed by atoms with E-state index in [1.54, 1.807) is 11.8 Å². The van der Waals surface area contributed by atoms with Crippen molar-refractivity contribution in [2.24, 2.45) is 5.10 Å². The Bertz CT molecular complexity index is 539. The number of aromatic nitrogens is 1. The summed E-state index contributed by atoms with van der Waals surface area (Å²) in [6.45, 7) is 0. The maximum Gasteiger partial charge on any atom is 0.120 e. The Hall–Kier alpha value is -1.81. The number of hydrazone groups is 1. The van der Waals surface area contributed by atoms with Gasteiger partial charge in [0.1, 0.15) is 5.37 Å². The third kappa shape index (κ3) is 2.54. The zero-order chi connectivity index (χ0) is 12.2. The predicted molar refractivity (Wildman–Crippen MR) is 75.3 cm³/mol. The number of hydrogen-bond donors (Lipinski definition) is 1. The number of hydrogen-bond acceptors (Lipinski definition) is 4. The standard InChI is InChI=1S/C14H13N3S/c1-2-4-11(5-3-1)10-13-16-17-14(18-13)12-6-8-15-9-7-12/h1-9,14,17H,10H2. The van der Waals surface area contributed by atoms with Gasteiger partial charge in [-0.15, -0.1) is 0 Å². The predicted octanol–water partition coefficient (Wildman–Crippen LogP) is 2.97. The highest BCUT2D eigenvalue weighted by molar-refractivity contribution is 8.14. The van der Waals surface area contributed by atoms with Gasteiger partial charge >= 0.3 is 0 Å². The Morgan fingerprint density at radius 3 is 2.61 bits per heavy atom. The van der Waals surface area contributed by atoms with Gasteiger partial charge in [-0.25, -0.2) is 0 Å². The lowest BCUT2D eigenvalue weighted by Gasteiger charge is -2.08. The first-order chi connectivity index (χ1) is 8.92. The summed E-state index contributed by atoms with van der Waals surface area (Å²) in [5, 5.41) is 5.74. The summed E-state index contributed by atoms with van der Waals surface area (Å²) < 4.78 is 0. The van der Waals surface area contributed by atoms with Gasteiger partial charge in [-0.3, -0.25) is 10.4 Å². The lowest BCUT2D eigenvalue weighted by Crippen LogP contribution is -2.06. The molecule has 4 heteroatoms. The molecule has 0 spiro atoms. The van der Waals surface area contributed by atoms with Crippen molar-refractivity contribution >= 4 is 16.8 Å². The Morgan fingerprint density at radius 1 is 1.06 bits per heavy atom. The van der Waals surface area contributed by atoms with Gasteiger partial charge in [0, 0.05) is 18.8 Å². The zero-order valence-corrected chi connectivity index (χ0v) is 10.6. The first kappa shape index (κ1) is 11.3. The van der Waals surface area contributed by atoms with Gasteiger partial charge in [-0.05, 0) is 23.3 Å². The third-order valence-electron chi connectivity index (χ3n) is 2.77. The summed E-state index contributed by atoms with van der Waals surface area (Å²) in [4.78, 5) is 4.03. The van der Waals surface area contributed by atoms with E-state index in [9.17, 15) is 0 Å². The SMILES string of the molecule is c1ccc(CC2=NNC(c3ccncc3)S2)cc1. The summed E-state index contributed by atoms with van der Waals surface area (Å²) in [6, 6.07) is 14.4. The van der Waals surface area contributed by atoms with E-state index >= 15 is 0 Å². The van der Waals surface area contributed by atoms with Crippen LogP contribution in [0.4, 0.5) is 0 Å². The van der Waals surface area contributed by atoms with E-state index in [4.69, 9.17) is 0 Å². The second-order valence-electron chi connectivity index (χ2n) is 4.08. The van der Waals surface area contributed by atoms with Crippen LogP contribution in [0.5, 0.6) is 0 Å². The summed E-state index contributed by atoms with van der Waals surface area (Å²) in [6.07, 6.45) is 4.51. The number of thioether (sulfide) groups is 1. The van der Waals surface area contributed by atoms with E-state index in [1.165, 1.54) is 11.1 Å². The maximum absolute atomic E-state index is 4.40. The van der Waals surface area contributed by atoms with Crippen LogP contribution in [0.2, 0.25) is 0 Å². The van der Waals surface area contributed by atoms with Crippen LogP contribution in [0, 0.1) is 0 Å². The summed E-state index contributed by atoms with van der Waals surface area (Å²) in [7, 11) is 0. The largest absolute Gasteiger partial charge is 0.291 e. The Labute approximate surface area is 110 Å². The summed E-state index contributed by atoms with van der Waals surface area (Å²) in [5.74, 6) is 0. The van der Waals surface area contributed by atoms with Crippen LogP contribution in [0.1, 0.15) is 16.5 Å². The molecule has 0 fully saturated rings. The molecule has 90 valence electrons. The molecule has 3 rings (SSSR count). The van der Waals surface area contributed by atoms with E-state index in [0.29, 0.717) is 0 Å². The molecule has 1 aliphatic heterocycles. The van der Waals surface area contributed by atoms with E-state index in [1.807, 2.05) is 30.6 Å². The number of rotatable bonds is 3. The molecule has 0 radical (unpaired) electrons. The minimum Gasteiger partial charge on any atom is -0.291 e. The van der Waals surface area contributed by atoms with Gasteiger partial charge in [-0.2, -0.15) is 5.10 Å². The molecule has 1 unspecified atom stereocenters. The number of pyridine rings is 1. The van der Waals surface area contributed by atoms with Crippen molar-refractivity contribution in [2.75, 3.05) is 0 Å². The first-order valence-electron chi connectivity index (χ1n) is 5.84. The van der Waals surface area contributed by atoms with Crippen LogP contribution in [-0.2, 0) is 6.42 Å². The minimum absolute atomic E-state index is 0.215. The molecule has 2 aromatic rings. The molecule has 0 saturated heterocycles. The molecule has 0 saturated carbocycles. The molecule has 2 heterocycles. The average molecular weight is 255 g/mol. The van der Waals surface area contributed by atoms with Crippen molar-refractivity contribution in [2.45, 2.75) is 11.8 Å². The molecule has 0 bridgehead atoms. The van der Waals surface area contributed by atoms with Crippen LogP contribution in [0.15, 0.2) is 60.0 Å². The molecular formula is C14H13N3S. The zero-order valence-electron chi connectivity index (χ0n) is 9.78. The quantitative estimate of drug-likeness (QED) is 0.916. The highest BCUT2D eigenvalue weighted by atomic mass is 32.2. The number of nitrogens with zero attached hydrogens (tertiary/aromatic N) is 2. The second-order valence-corrected chi connectivity index (χ2v) is 5.25. The fourth-order valence-corrected chi connectivity index (χ4v) is 2.88. The summed E-state index contributed by atoms with van der Waals surface area (Å²) in [5.41, 5.74) is 5.67. The van der Waals surface area contributed by atoms with Crippen molar-refractivity contribution in [3.8, 4) is 0 Å². The molecule has 0 aliphatic carbocycles. The lowest BCUT2D eigenvalue weighted by molar-refractivity contribution is 0.741. The molecule has 3 nitrogen and oxygen atoms in total. The van der Waals surface area contributed by atoms with Crippen molar-refractivity contribution < 1.29 is 0 Å². The van der Waals surface area contributed by atoms with Gasteiger partial charge in [-0.1, -0.05) is 42.1 Å². The first-order valence-corrected chi connectivity index (χ1v) is 6.72. The minimum atomic E-state index is 0.215. The smallest absolute Gasteiger partial charge is 0.120 e. The Morgan fingerprint density at radius 2 is 1.83 bits per heavy atom. The van der Waals surface area contributed by atoms with Crippen LogP contribution >= 0.6 is 11.8 Å². The second kappa shape index (κ2) is 5.23. The fraction of sp³-hybridized carbons (Fsp3) is 0.143. The van der Waals surface area contributed by atoms with Gasteiger partial charge < -0.3 is 0 Å². The number of benzene rings is 1. The van der Waals surface area contributed by atoms with Gasteiger partial charge in [0.2, 0.25) is 0 Å². The van der Waals surface area contributed by atoms with Crippen LogP contribution < -0.4 is 5.43 Å². The van der Waals surface area contributed by atoms with E-state index in [-0.39, 0.29) is 5.37 Å². The van der Waals surface area contributed by atoms with Crippen LogP contribution in [0.3, 0.4) is 0 Å². The Balaban J connectivity index is 1.65. The maximum atomic E-state index is 4.40. The van der Waals surface area contributed by atoms with Crippen LogP contribution in [0.25, 0.3) is 0 Å². The van der Waals surface area contributed by atoms with Crippen molar-refractivity contribution in [3.05, 3.63) is 66.0 Å². The van der Waals surface area contributed by atoms with Gasteiger partial charge in [0.05, 0.1) is 5.04 Å². The average Bonchev–Trinajstić information content (AvgIpc) is 2.89. The molecule has 1 aromatic heterocycles. The monoisotopic (exact) mass is 255 g/mol. The van der Waals surface area contributed by atoms with Crippen molar-refractivity contribution in [1.29, 1.82) is 0 Å². The number of nitrogens with one attached hydrogen (secondary N) is 1. The normalized spacial score (nSPS) is 18.2. The third-order valence-corrected chi connectivity index (χ3v) is 3.89. The molecule has 1 aromatic carbocycles. The molecule has 18 heavy (non-hydrogen) atoms.